The molecule has 0 aliphatic carbocycles. The summed E-state index contributed by atoms with van der Waals surface area (Å²) in [6.07, 6.45) is 1.51. The second kappa shape index (κ2) is 7.92. The van der Waals surface area contributed by atoms with E-state index in [9.17, 15) is 4.79 Å². The Bertz CT molecular complexity index is 387. The molecule has 4 nitrogen and oxygen atoms in total. The van der Waals surface area contributed by atoms with Crippen LogP contribution in [-0.4, -0.2) is 43.4 Å². The van der Waals surface area contributed by atoms with E-state index in [-0.39, 0.29) is 5.91 Å². The first-order valence-corrected chi connectivity index (χ1v) is 6.69. The molecule has 1 amide bonds. The molecule has 0 unspecified atom stereocenters. The summed E-state index contributed by atoms with van der Waals surface area (Å²) in [4.78, 5) is 15.3. The third-order valence-corrected chi connectivity index (χ3v) is 3.14. The van der Waals surface area contributed by atoms with Crippen molar-refractivity contribution in [1.82, 2.24) is 9.80 Å². The molecule has 0 aliphatic heterocycles. The maximum absolute atomic E-state index is 11.4. The van der Waals surface area contributed by atoms with Crippen LogP contribution in [-0.2, 0) is 17.9 Å². The quantitative estimate of drug-likeness (QED) is 0.810. The average molecular weight is 263 g/mol. The highest BCUT2D eigenvalue weighted by Crippen LogP contribution is 2.07. The largest absolute Gasteiger partial charge is 0.349 e. The summed E-state index contributed by atoms with van der Waals surface area (Å²) in [5.74, 6) is 0.195. The number of benzene rings is 1. The SMILES string of the molecule is CN(CCCC(=O)N(C)C)Cc1ccc(CN)cc1. The topological polar surface area (TPSA) is 49.6 Å². The van der Waals surface area contributed by atoms with Gasteiger partial charge in [-0.15, -0.1) is 0 Å². The predicted molar refractivity (Wildman–Crippen MR) is 78.6 cm³/mol. The van der Waals surface area contributed by atoms with Gasteiger partial charge >= 0.3 is 0 Å². The van der Waals surface area contributed by atoms with Crippen LogP contribution in [0.2, 0.25) is 0 Å². The lowest BCUT2D eigenvalue weighted by Gasteiger charge is -2.17. The average Bonchev–Trinajstić information content (AvgIpc) is 2.39. The van der Waals surface area contributed by atoms with Crippen LogP contribution >= 0.6 is 0 Å². The molecule has 0 heterocycles. The second-order valence-corrected chi connectivity index (χ2v) is 5.15. The van der Waals surface area contributed by atoms with Gasteiger partial charge in [0.05, 0.1) is 0 Å². The minimum atomic E-state index is 0.195. The van der Waals surface area contributed by atoms with Crippen molar-refractivity contribution in [3.8, 4) is 0 Å². The van der Waals surface area contributed by atoms with Gasteiger partial charge in [-0.2, -0.15) is 0 Å². The molecule has 1 rings (SSSR count). The van der Waals surface area contributed by atoms with Crippen LogP contribution in [0.4, 0.5) is 0 Å². The first kappa shape index (κ1) is 15.7. The lowest BCUT2D eigenvalue weighted by atomic mass is 10.1. The zero-order valence-electron chi connectivity index (χ0n) is 12.2. The van der Waals surface area contributed by atoms with Crippen molar-refractivity contribution >= 4 is 5.91 Å². The molecule has 19 heavy (non-hydrogen) atoms. The summed E-state index contributed by atoms with van der Waals surface area (Å²) in [6.45, 7) is 2.42. The van der Waals surface area contributed by atoms with E-state index in [4.69, 9.17) is 5.73 Å². The van der Waals surface area contributed by atoms with Crippen LogP contribution in [0.1, 0.15) is 24.0 Å². The number of carbonyl (C=O) groups is 1. The molecule has 0 fully saturated rings. The highest BCUT2D eigenvalue weighted by Gasteiger charge is 2.05. The molecule has 1 aromatic carbocycles. The first-order valence-electron chi connectivity index (χ1n) is 6.69. The van der Waals surface area contributed by atoms with Crippen LogP contribution < -0.4 is 5.73 Å². The van der Waals surface area contributed by atoms with Crippen molar-refractivity contribution in [2.45, 2.75) is 25.9 Å². The lowest BCUT2D eigenvalue weighted by molar-refractivity contribution is -0.128. The highest BCUT2D eigenvalue weighted by molar-refractivity contribution is 5.75. The zero-order chi connectivity index (χ0) is 14.3. The minimum absolute atomic E-state index is 0.195. The van der Waals surface area contributed by atoms with E-state index in [1.165, 1.54) is 5.56 Å². The Hall–Kier alpha value is -1.39. The molecule has 0 radical (unpaired) electrons. The molecule has 0 aromatic heterocycles. The van der Waals surface area contributed by atoms with Gasteiger partial charge in [-0.1, -0.05) is 24.3 Å². The van der Waals surface area contributed by atoms with Gasteiger partial charge in [0.1, 0.15) is 0 Å². The Morgan fingerprint density at radius 3 is 2.21 bits per heavy atom. The fraction of sp³-hybridized carbons (Fsp3) is 0.533. The lowest BCUT2D eigenvalue weighted by Crippen LogP contribution is -2.24. The summed E-state index contributed by atoms with van der Waals surface area (Å²) in [6, 6.07) is 8.37. The molecule has 4 heteroatoms. The minimum Gasteiger partial charge on any atom is -0.349 e. The van der Waals surface area contributed by atoms with E-state index < -0.39 is 0 Å². The van der Waals surface area contributed by atoms with Gasteiger partial charge in [0.25, 0.3) is 0 Å². The summed E-state index contributed by atoms with van der Waals surface area (Å²) < 4.78 is 0. The zero-order valence-corrected chi connectivity index (χ0v) is 12.2. The predicted octanol–water partition coefficient (Wildman–Crippen LogP) is 1.45. The summed E-state index contributed by atoms with van der Waals surface area (Å²) >= 11 is 0. The van der Waals surface area contributed by atoms with E-state index in [0.717, 1.165) is 25.1 Å². The van der Waals surface area contributed by atoms with Crippen LogP contribution in [0.5, 0.6) is 0 Å². The second-order valence-electron chi connectivity index (χ2n) is 5.15. The monoisotopic (exact) mass is 263 g/mol. The molecule has 0 bridgehead atoms. The van der Waals surface area contributed by atoms with Gasteiger partial charge in [-0.25, -0.2) is 0 Å². The molecular weight excluding hydrogens is 238 g/mol. The number of hydrogen-bond acceptors (Lipinski definition) is 3. The molecule has 2 N–H and O–H groups in total. The third-order valence-electron chi connectivity index (χ3n) is 3.14. The van der Waals surface area contributed by atoms with Gasteiger partial charge in [-0.3, -0.25) is 4.79 Å². The third kappa shape index (κ3) is 5.85. The number of carbonyl (C=O) groups excluding carboxylic acids is 1. The van der Waals surface area contributed by atoms with E-state index >= 15 is 0 Å². The number of nitrogens with two attached hydrogens (primary N) is 1. The Kier molecular flexibility index (Phi) is 6.53. The molecule has 0 spiro atoms. The van der Waals surface area contributed by atoms with Crippen molar-refractivity contribution in [3.05, 3.63) is 35.4 Å². The van der Waals surface area contributed by atoms with Crippen molar-refractivity contribution < 1.29 is 4.79 Å². The Balaban J connectivity index is 2.30. The van der Waals surface area contributed by atoms with Crippen LogP contribution in [0.3, 0.4) is 0 Å². The van der Waals surface area contributed by atoms with E-state index in [1.807, 2.05) is 0 Å². The van der Waals surface area contributed by atoms with E-state index in [1.54, 1.807) is 19.0 Å². The fourth-order valence-corrected chi connectivity index (χ4v) is 1.90. The van der Waals surface area contributed by atoms with Gasteiger partial charge in [0, 0.05) is 33.6 Å². The van der Waals surface area contributed by atoms with Gasteiger partial charge < -0.3 is 15.5 Å². The fourth-order valence-electron chi connectivity index (χ4n) is 1.90. The van der Waals surface area contributed by atoms with Crippen LogP contribution in [0.25, 0.3) is 0 Å². The van der Waals surface area contributed by atoms with Gasteiger partial charge in [0.15, 0.2) is 0 Å². The summed E-state index contributed by atoms with van der Waals surface area (Å²) in [5.41, 5.74) is 8.01. The smallest absolute Gasteiger partial charge is 0.222 e. The van der Waals surface area contributed by atoms with Crippen LogP contribution in [0.15, 0.2) is 24.3 Å². The molecule has 106 valence electrons. The van der Waals surface area contributed by atoms with Gasteiger partial charge in [0.2, 0.25) is 5.91 Å². The Labute approximate surface area is 116 Å². The molecule has 0 saturated carbocycles. The molecular formula is C15H25N3O. The van der Waals surface area contributed by atoms with Crippen molar-refractivity contribution in [3.63, 3.8) is 0 Å². The number of amides is 1. The van der Waals surface area contributed by atoms with E-state index in [0.29, 0.717) is 13.0 Å². The molecule has 1 aromatic rings. The molecule has 0 aliphatic rings. The number of hydrogen-bond donors (Lipinski definition) is 1. The van der Waals surface area contributed by atoms with Crippen molar-refractivity contribution in [1.29, 1.82) is 0 Å². The van der Waals surface area contributed by atoms with Crippen molar-refractivity contribution in [2.24, 2.45) is 5.73 Å². The summed E-state index contributed by atoms with van der Waals surface area (Å²) in [5, 5.41) is 0. The molecule has 0 saturated heterocycles. The Morgan fingerprint density at radius 1 is 1.11 bits per heavy atom. The summed E-state index contributed by atoms with van der Waals surface area (Å²) in [7, 11) is 5.67. The first-order chi connectivity index (χ1) is 9.02. The molecule has 0 atom stereocenters. The Morgan fingerprint density at radius 2 is 1.68 bits per heavy atom. The number of nitrogens with zero attached hydrogens (tertiary/aromatic N) is 2. The van der Waals surface area contributed by atoms with Crippen LogP contribution in [0, 0.1) is 0 Å². The van der Waals surface area contributed by atoms with Crippen molar-refractivity contribution in [2.75, 3.05) is 27.7 Å². The highest BCUT2D eigenvalue weighted by atomic mass is 16.2. The maximum Gasteiger partial charge on any atom is 0.222 e. The standard InChI is InChI=1S/C15H25N3O/c1-17(2)15(19)5-4-10-18(3)12-14-8-6-13(11-16)7-9-14/h6-9H,4-5,10-12,16H2,1-3H3. The number of rotatable bonds is 7. The maximum atomic E-state index is 11.4. The normalized spacial score (nSPS) is 10.8. The van der Waals surface area contributed by atoms with Gasteiger partial charge in [-0.05, 0) is 31.1 Å². The van der Waals surface area contributed by atoms with E-state index in [2.05, 4.69) is 36.2 Å².